The van der Waals surface area contributed by atoms with Crippen LogP contribution >= 0.6 is 0 Å². The number of hydrogen-bond donors (Lipinski definition) is 1. The highest BCUT2D eigenvalue weighted by Crippen LogP contribution is 2.22. The summed E-state index contributed by atoms with van der Waals surface area (Å²) >= 11 is 0. The lowest BCUT2D eigenvalue weighted by molar-refractivity contribution is 0.300. The van der Waals surface area contributed by atoms with Gasteiger partial charge >= 0.3 is 0 Å². The van der Waals surface area contributed by atoms with Crippen molar-refractivity contribution in [1.29, 1.82) is 0 Å². The summed E-state index contributed by atoms with van der Waals surface area (Å²) in [6.07, 6.45) is 0. The van der Waals surface area contributed by atoms with Gasteiger partial charge in [-0.2, -0.15) is 0 Å². The normalized spacial score (nSPS) is 12.0. The average Bonchev–Trinajstić information content (AvgIpc) is 3.02. The van der Waals surface area contributed by atoms with Crippen LogP contribution in [0.4, 0.5) is 10.1 Å². The van der Waals surface area contributed by atoms with E-state index in [1.165, 1.54) is 6.07 Å². The number of aromatic nitrogens is 2. The van der Waals surface area contributed by atoms with E-state index < -0.39 is 0 Å². The molecule has 5 nitrogen and oxygen atoms in total. The van der Waals surface area contributed by atoms with Crippen LogP contribution < -0.4 is 10.1 Å². The van der Waals surface area contributed by atoms with Crippen LogP contribution in [0.25, 0.3) is 0 Å². The smallest absolute Gasteiger partial charge is 0.238 e. The maximum Gasteiger partial charge on any atom is 0.238 e. The molecule has 1 N–H and O–H groups in total. The van der Waals surface area contributed by atoms with Gasteiger partial charge in [0.05, 0.1) is 0 Å². The van der Waals surface area contributed by atoms with Gasteiger partial charge in [0, 0.05) is 18.2 Å². The van der Waals surface area contributed by atoms with Crippen molar-refractivity contribution in [3.8, 4) is 5.75 Å². The average molecular weight is 327 g/mol. The van der Waals surface area contributed by atoms with Crippen LogP contribution in [0.1, 0.15) is 30.3 Å². The van der Waals surface area contributed by atoms with E-state index in [4.69, 9.17) is 9.15 Å². The number of halogens is 1. The summed E-state index contributed by atoms with van der Waals surface area (Å²) in [5.74, 6) is 1.48. The number of anilines is 1. The maximum atomic E-state index is 13.6. The molecule has 0 radical (unpaired) electrons. The van der Waals surface area contributed by atoms with Gasteiger partial charge in [0.2, 0.25) is 11.8 Å². The van der Waals surface area contributed by atoms with Crippen LogP contribution in [0.5, 0.6) is 5.75 Å². The molecule has 3 aromatic rings. The van der Waals surface area contributed by atoms with E-state index in [-0.39, 0.29) is 18.5 Å². The Morgan fingerprint density at radius 3 is 2.54 bits per heavy atom. The lowest BCUT2D eigenvalue weighted by atomic mass is 10.2. The second kappa shape index (κ2) is 7.12. The number of rotatable bonds is 6. The number of ether oxygens (including phenoxy) is 1. The van der Waals surface area contributed by atoms with Gasteiger partial charge in [-0.15, -0.1) is 10.2 Å². The number of aryl methyl sites for hydroxylation is 1. The molecule has 0 spiro atoms. The zero-order valence-electron chi connectivity index (χ0n) is 13.5. The second-order valence-corrected chi connectivity index (χ2v) is 5.43. The summed E-state index contributed by atoms with van der Waals surface area (Å²) in [6, 6.07) is 13.9. The Kier molecular flexibility index (Phi) is 4.74. The fourth-order valence-electron chi connectivity index (χ4n) is 2.22. The molecule has 0 bridgehead atoms. The number of nitrogens with zero attached hydrogens (tertiary/aromatic N) is 2. The van der Waals surface area contributed by atoms with Gasteiger partial charge in [-0.05, 0) is 37.3 Å². The molecular formula is C18H18FN3O2. The minimum absolute atomic E-state index is 0.101. The van der Waals surface area contributed by atoms with Crippen LogP contribution in [0.15, 0.2) is 52.9 Å². The highest BCUT2D eigenvalue weighted by Gasteiger charge is 2.12. The molecule has 2 aromatic carbocycles. The number of hydrogen-bond acceptors (Lipinski definition) is 5. The van der Waals surface area contributed by atoms with Gasteiger partial charge in [-0.25, -0.2) is 4.39 Å². The largest absolute Gasteiger partial charge is 0.489 e. The zero-order chi connectivity index (χ0) is 16.9. The third-order valence-electron chi connectivity index (χ3n) is 3.50. The molecule has 1 aromatic heterocycles. The Labute approximate surface area is 139 Å². The molecule has 0 aliphatic carbocycles. The van der Waals surface area contributed by atoms with Crippen molar-refractivity contribution in [2.45, 2.75) is 26.5 Å². The summed E-state index contributed by atoms with van der Waals surface area (Å²) < 4.78 is 24.6. The zero-order valence-corrected chi connectivity index (χ0v) is 13.5. The minimum atomic E-state index is -0.264. The Morgan fingerprint density at radius 2 is 1.88 bits per heavy atom. The SMILES string of the molecule is Cc1nnc([C@H](C)Nc2ccc(OCc3ccccc3F)cc2)o1. The van der Waals surface area contributed by atoms with Crippen LogP contribution in [0.2, 0.25) is 0 Å². The maximum absolute atomic E-state index is 13.6. The summed E-state index contributed by atoms with van der Waals surface area (Å²) in [5.41, 5.74) is 1.43. The second-order valence-electron chi connectivity index (χ2n) is 5.43. The molecule has 0 unspecified atom stereocenters. The van der Waals surface area contributed by atoms with Crippen LogP contribution in [-0.4, -0.2) is 10.2 Å². The molecule has 0 aliphatic rings. The molecule has 6 heteroatoms. The van der Waals surface area contributed by atoms with Crippen molar-refractivity contribution in [2.75, 3.05) is 5.32 Å². The van der Waals surface area contributed by atoms with Gasteiger partial charge < -0.3 is 14.5 Å². The molecule has 24 heavy (non-hydrogen) atoms. The Balaban J connectivity index is 1.58. The fraction of sp³-hybridized carbons (Fsp3) is 0.222. The standard InChI is InChI=1S/C18H18FN3O2/c1-12(18-22-21-13(2)24-18)20-15-7-9-16(10-8-15)23-11-14-5-3-4-6-17(14)19/h3-10,12,20H,11H2,1-2H3/t12-/m0/s1. The molecule has 0 saturated carbocycles. The molecular weight excluding hydrogens is 309 g/mol. The molecule has 1 heterocycles. The topological polar surface area (TPSA) is 60.2 Å². The van der Waals surface area contributed by atoms with Gasteiger partial charge in [0.15, 0.2) is 0 Å². The first-order valence-electron chi connectivity index (χ1n) is 7.64. The fourth-order valence-corrected chi connectivity index (χ4v) is 2.22. The van der Waals surface area contributed by atoms with E-state index in [0.717, 1.165) is 5.69 Å². The first-order valence-corrected chi connectivity index (χ1v) is 7.64. The Hall–Kier alpha value is -2.89. The van der Waals surface area contributed by atoms with Gasteiger partial charge in [0.1, 0.15) is 24.2 Å². The predicted octanol–water partition coefficient (Wildman–Crippen LogP) is 4.27. The van der Waals surface area contributed by atoms with E-state index in [9.17, 15) is 4.39 Å². The van der Waals surface area contributed by atoms with E-state index in [1.54, 1.807) is 25.1 Å². The van der Waals surface area contributed by atoms with Crippen molar-refractivity contribution in [3.05, 3.63) is 71.7 Å². The first-order chi connectivity index (χ1) is 11.6. The van der Waals surface area contributed by atoms with Crippen molar-refractivity contribution in [2.24, 2.45) is 0 Å². The van der Waals surface area contributed by atoms with Gasteiger partial charge in [-0.1, -0.05) is 18.2 Å². The summed E-state index contributed by atoms with van der Waals surface area (Å²) in [4.78, 5) is 0. The van der Waals surface area contributed by atoms with Crippen LogP contribution in [0, 0.1) is 12.7 Å². The number of benzene rings is 2. The molecule has 0 fully saturated rings. The predicted molar refractivity (Wildman–Crippen MR) is 88.2 cm³/mol. The molecule has 3 rings (SSSR count). The quantitative estimate of drug-likeness (QED) is 0.732. The first kappa shape index (κ1) is 16.0. The van der Waals surface area contributed by atoms with E-state index in [1.807, 2.05) is 31.2 Å². The lowest BCUT2D eigenvalue weighted by Crippen LogP contribution is -2.07. The molecule has 0 amide bonds. The van der Waals surface area contributed by atoms with Gasteiger partial charge in [-0.3, -0.25) is 0 Å². The highest BCUT2D eigenvalue weighted by molar-refractivity contribution is 5.47. The van der Waals surface area contributed by atoms with Crippen molar-refractivity contribution < 1.29 is 13.5 Å². The monoisotopic (exact) mass is 327 g/mol. The van der Waals surface area contributed by atoms with Crippen molar-refractivity contribution in [3.63, 3.8) is 0 Å². The third-order valence-corrected chi connectivity index (χ3v) is 3.50. The highest BCUT2D eigenvalue weighted by atomic mass is 19.1. The summed E-state index contributed by atoms with van der Waals surface area (Å²) in [5, 5.41) is 11.1. The van der Waals surface area contributed by atoms with E-state index in [2.05, 4.69) is 15.5 Å². The van der Waals surface area contributed by atoms with Crippen molar-refractivity contribution >= 4 is 5.69 Å². The third kappa shape index (κ3) is 3.90. The Morgan fingerprint density at radius 1 is 1.12 bits per heavy atom. The van der Waals surface area contributed by atoms with E-state index in [0.29, 0.717) is 23.1 Å². The van der Waals surface area contributed by atoms with E-state index >= 15 is 0 Å². The molecule has 0 aliphatic heterocycles. The number of nitrogens with one attached hydrogen (secondary N) is 1. The molecule has 0 saturated heterocycles. The van der Waals surface area contributed by atoms with Crippen LogP contribution in [0.3, 0.4) is 0 Å². The molecule has 1 atom stereocenters. The minimum Gasteiger partial charge on any atom is -0.489 e. The summed E-state index contributed by atoms with van der Waals surface area (Å²) in [7, 11) is 0. The van der Waals surface area contributed by atoms with Gasteiger partial charge in [0.25, 0.3) is 0 Å². The van der Waals surface area contributed by atoms with Crippen LogP contribution in [-0.2, 0) is 6.61 Å². The Bertz CT molecular complexity index is 802. The molecule has 124 valence electrons. The lowest BCUT2D eigenvalue weighted by Gasteiger charge is -2.12. The van der Waals surface area contributed by atoms with Crippen molar-refractivity contribution in [1.82, 2.24) is 10.2 Å². The summed E-state index contributed by atoms with van der Waals surface area (Å²) in [6.45, 7) is 3.89.